The van der Waals surface area contributed by atoms with E-state index in [9.17, 15) is 19.7 Å². The van der Waals surface area contributed by atoms with Crippen LogP contribution < -0.4 is 20.1 Å². The molecule has 4 aromatic rings. The van der Waals surface area contributed by atoms with Crippen LogP contribution in [0, 0.1) is 28.5 Å². The Balaban J connectivity index is 1.36. The van der Waals surface area contributed by atoms with Crippen LogP contribution in [0.4, 0.5) is 24.3 Å². The molecule has 0 saturated carbocycles. The number of pyridine rings is 1. The van der Waals surface area contributed by atoms with Gasteiger partial charge in [-0.15, -0.1) is 11.3 Å². The van der Waals surface area contributed by atoms with E-state index in [-0.39, 0.29) is 51.0 Å². The summed E-state index contributed by atoms with van der Waals surface area (Å²) >= 11 is 8.26. The van der Waals surface area contributed by atoms with Crippen molar-refractivity contribution in [2.75, 3.05) is 63.7 Å². The molecule has 2 aromatic carbocycles. The third-order valence-electron chi connectivity index (χ3n) is 11.0. The number of nitriles is 2. The van der Waals surface area contributed by atoms with Gasteiger partial charge in [0.05, 0.1) is 51.1 Å². The average Bonchev–Trinajstić information content (AvgIpc) is 3.79. The van der Waals surface area contributed by atoms with Crippen LogP contribution in [0.2, 0.25) is 5.02 Å². The number of likely N-dealkylation sites (tertiary alicyclic amines) is 1. The number of nitrogen functional groups attached to an aromatic ring is 1. The lowest BCUT2D eigenvalue weighted by atomic mass is 9.94. The predicted molar refractivity (Wildman–Crippen MR) is 194 cm³/mol. The molecule has 8 rings (SSSR count). The molecule has 0 bridgehead atoms. The van der Waals surface area contributed by atoms with Crippen LogP contribution in [0.3, 0.4) is 0 Å². The second kappa shape index (κ2) is 13.4. The maximum Gasteiger partial charge on any atom is 0.409 e. The molecule has 2 unspecified atom stereocenters. The van der Waals surface area contributed by atoms with Gasteiger partial charge in [-0.2, -0.15) is 10.5 Å². The third kappa shape index (κ3) is 5.51. The lowest BCUT2D eigenvalue weighted by molar-refractivity contribution is 0.109. The number of halogens is 3. The fraction of sp³-hybridized carbons (Fsp3) is 0.459. The van der Waals surface area contributed by atoms with Crippen LogP contribution in [-0.2, 0) is 4.74 Å². The highest BCUT2D eigenvalue weighted by molar-refractivity contribution is 7.23. The fourth-order valence-electron chi connectivity index (χ4n) is 8.72. The first kappa shape index (κ1) is 34.5. The van der Waals surface area contributed by atoms with Gasteiger partial charge in [-0.25, -0.2) is 18.6 Å². The molecule has 1 amide bonds. The molecule has 0 radical (unpaired) electrons. The number of nitrogens with zero attached hydrogens (tertiary/aromatic N) is 6. The van der Waals surface area contributed by atoms with E-state index in [1.807, 2.05) is 0 Å². The number of hydrogen-bond donors (Lipinski definition) is 1. The zero-order chi connectivity index (χ0) is 36.3. The summed E-state index contributed by atoms with van der Waals surface area (Å²) < 4.78 is 48.1. The number of hydrogen-bond acceptors (Lipinski definition) is 11. The predicted octanol–water partition coefficient (Wildman–Crippen LogP) is 7.01. The number of alkyl halides is 1. The van der Waals surface area contributed by atoms with E-state index >= 15 is 4.39 Å². The first-order valence-electron chi connectivity index (χ1n) is 17.4. The van der Waals surface area contributed by atoms with Gasteiger partial charge in [0.1, 0.15) is 47.0 Å². The summed E-state index contributed by atoms with van der Waals surface area (Å²) in [5.74, 6) is -0.122. The minimum Gasteiger partial charge on any atom is -0.491 e. The van der Waals surface area contributed by atoms with Crippen LogP contribution in [0.25, 0.3) is 32.1 Å². The van der Waals surface area contributed by atoms with Gasteiger partial charge in [0.25, 0.3) is 0 Å². The highest BCUT2D eigenvalue weighted by Crippen LogP contribution is 2.51. The second-order valence-corrected chi connectivity index (χ2v) is 15.4. The van der Waals surface area contributed by atoms with Crippen LogP contribution in [0.1, 0.15) is 49.7 Å². The van der Waals surface area contributed by atoms with Gasteiger partial charge in [0, 0.05) is 49.6 Å². The number of fused-ring (bicyclic) bond motifs is 2. The molecule has 11 nitrogen and oxygen atoms in total. The van der Waals surface area contributed by atoms with E-state index < -0.39 is 23.6 Å². The minimum absolute atomic E-state index is 0.0979. The lowest BCUT2D eigenvalue weighted by Gasteiger charge is -2.41. The summed E-state index contributed by atoms with van der Waals surface area (Å²) in [6.07, 6.45) is 2.71. The number of aromatic nitrogens is 1. The van der Waals surface area contributed by atoms with Gasteiger partial charge in [0.2, 0.25) is 5.88 Å². The Morgan fingerprint density at radius 3 is 2.77 bits per heavy atom. The first-order chi connectivity index (χ1) is 25.2. The molecule has 3 saturated heterocycles. The summed E-state index contributed by atoms with van der Waals surface area (Å²) in [4.78, 5) is 23.6. The molecular formula is C37H36ClF2N7O4S. The molecule has 4 aliphatic rings. The van der Waals surface area contributed by atoms with Crippen molar-refractivity contribution in [2.45, 2.75) is 56.3 Å². The van der Waals surface area contributed by atoms with E-state index in [4.69, 9.17) is 36.5 Å². The number of methoxy groups -OCH3 is 1. The Labute approximate surface area is 308 Å². The number of carbonyl (C=O) groups is 1. The minimum atomic E-state index is -0.960. The monoisotopic (exact) mass is 747 g/mol. The topological polar surface area (TPSA) is 141 Å². The zero-order valence-electron chi connectivity index (χ0n) is 28.5. The van der Waals surface area contributed by atoms with Crippen LogP contribution in [-0.4, -0.2) is 91.7 Å². The van der Waals surface area contributed by atoms with E-state index in [0.29, 0.717) is 77.9 Å². The molecule has 4 aliphatic heterocycles. The summed E-state index contributed by atoms with van der Waals surface area (Å²) in [7, 11) is 1.36. The third-order valence-corrected chi connectivity index (χ3v) is 12.4. The molecule has 2 aromatic heterocycles. The highest BCUT2D eigenvalue weighted by atomic mass is 35.5. The van der Waals surface area contributed by atoms with Crippen LogP contribution >= 0.6 is 22.9 Å². The van der Waals surface area contributed by atoms with Crippen molar-refractivity contribution < 1.29 is 27.8 Å². The van der Waals surface area contributed by atoms with Gasteiger partial charge in [-0.1, -0.05) is 17.7 Å². The SMILES string of the molecule is COC(=O)N1CCCC(N2CCCOc3c(Cl)c(-c4ccc(F)c5sc(N)c(C#N)c45)cc4nc(OCC56CCCN5C[C@H](F)C6)c(C#N)c2c34)C1. The van der Waals surface area contributed by atoms with Gasteiger partial charge < -0.3 is 29.7 Å². The molecular weight excluding hydrogens is 712 g/mol. The molecule has 6 heterocycles. The lowest BCUT2D eigenvalue weighted by Crippen LogP contribution is -2.51. The van der Waals surface area contributed by atoms with Crippen molar-refractivity contribution >= 4 is 60.7 Å². The number of benzene rings is 2. The number of carbonyl (C=O) groups excluding carboxylic acids is 1. The zero-order valence-corrected chi connectivity index (χ0v) is 30.1. The van der Waals surface area contributed by atoms with Crippen molar-refractivity contribution in [3.8, 4) is 34.9 Å². The van der Waals surface area contributed by atoms with E-state index in [1.165, 1.54) is 13.2 Å². The Kier molecular flexibility index (Phi) is 8.88. The van der Waals surface area contributed by atoms with Gasteiger partial charge in [-0.3, -0.25) is 4.90 Å². The van der Waals surface area contributed by atoms with E-state index in [0.717, 1.165) is 43.6 Å². The van der Waals surface area contributed by atoms with Crippen molar-refractivity contribution in [2.24, 2.45) is 0 Å². The van der Waals surface area contributed by atoms with Crippen molar-refractivity contribution in [1.82, 2.24) is 14.8 Å². The number of rotatable bonds is 5. The second-order valence-electron chi connectivity index (χ2n) is 13.9. The molecule has 2 N–H and O–H groups in total. The maximum absolute atomic E-state index is 15.1. The Morgan fingerprint density at radius 2 is 1.98 bits per heavy atom. The summed E-state index contributed by atoms with van der Waals surface area (Å²) in [5, 5.41) is 22.2. The van der Waals surface area contributed by atoms with Gasteiger partial charge >= 0.3 is 6.09 Å². The van der Waals surface area contributed by atoms with E-state index in [1.54, 1.807) is 17.0 Å². The average molecular weight is 748 g/mol. The normalized spacial score (nSPS) is 23.1. The molecule has 15 heteroatoms. The van der Waals surface area contributed by atoms with Crippen molar-refractivity contribution in [3.63, 3.8) is 0 Å². The molecule has 3 fully saturated rings. The molecule has 0 aliphatic carbocycles. The molecule has 3 atom stereocenters. The Morgan fingerprint density at radius 1 is 1.15 bits per heavy atom. The quantitative estimate of drug-likeness (QED) is 0.227. The Hall–Kier alpha value is -4.63. The first-order valence-corrected chi connectivity index (χ1v) is 18.6. The maximum atomic E-state index is 15.1. The van der Waals surface area contributed by atoms with Crippen LogP contribution in [0.5, 0.6) is 11.6 Å². The Bertz CT molecular complexity index is 2210. The number of nitrogens with two attached hydrogens (primary N) is 1. The number of anilines is 2. The number of amides is 1. The van der Waals surface area contributed by atoms with Crippen molar-refractivity contribution in [3.05, 3.63) is 40.2 Å². The standard InChI is InChI=1S/C37H36ClF2N7O4S/c1-49-36(48)45-9-2-5-21(18-45)47-11-4-12-50-32-29-27(13-23(30(32)38)22-6-7-26(40)33-28(22)24(15-41)34(43)52-33)44-35(25(16-42)31(29)47)51-19-37-8-3-10-46(37)17-20(39)14-37/h6-7,13,20-21H,2-5,8-12,14,17-19,43H2,1H3/t20-,21?,37?/m1/s1. The molecule has 52 heavy (non-hydrogen) atoms. The summed E-state index contributed by atoms with van der Waals surface area (Å²) in [6, 6.07) is 8.94. The summed E-state index contributed by atoms with van der Waals surface area (Å²) in [5.41, 5.74) is 7.87. The number of piperidine rings is 1. The number of thiophene rings is 1. The van der Waals surface area contributed by atoms with Crippen LogP contribution in [0.15, 0.2) is 18.2 Å². The highest BCUT2D eigenvalue weighted by Gasteiger charge is 2.49. The molecule has 0 spiro atoms. The van der Waals surface area contributed by atoms with Crippen molar-refractivity contribution in [1.29, 1.82) is 10.5 Å². The van der Waals surface area contributed by atoms with Gasteiger partial charge in [-0.05, 0) is 56.3 Å². The molecule has 270 valence electrons. The largest absolute Gasteiger partial charge is 0.491 e. The number of ether oxygens (including phenoxy) is 3. The summed E-state index contributed by atoms with van der Waals surface area (Å²) in [6.45, 7) is 3.01. The fourth-order valence-corrected chi connectivity index (χ4v) is 9.97. The van der Waals surface area contributed by atoms with E-state index in [2.05, 4.69) is 21.9 Å². The van der Waals surface area contributed by atoms with Gasteiger partial charge in [0.15, 0.2) is 0 Å². The smallest absolute Gasteiger partial charge is 0.409 e.